The van der Waals surface area contributed by atoms with E-state index in [2.05, 4.69) is 0 Å². The largest absolute Gasteiger partial charge is 0.478 e. The zero-order valence-corrected chi connectivity index (χ0v) is 14.1. The first-order valence-corrected chi connectivity index (χ1v) is 8.60. The Morgan fingerprint density at radius 1 is 1.12 bits per heavy atom. The van der Waals surface area contributed by atoms with E-state index in [0.29, 0.717) is 29.8 Å². The Morgan fingerprint density at radius 2 is 1.92 bits per heavy atom. The number of nitrogens with zero attached hydrogens (tertiary/aromatic N) is 2. The number of fused-ring (bicyclic) bond motifs is 2. The molecule has 0 spiro atoms. The zero-order chi connectivity index (χ0) is 18.3. The molecular formula is C20H18N2O4. The van der Waals surface area contributed by atoms with Crippen LogP contribution >= 0.6 is 0 Å². The van der Waals surface area contributed by atoms with Crippen LogP contribution in [0.3, 0.4) is 0 Å². The Kier molecular flexibility index (Phi) is 3.95. The van der Waals surface area contributed by atoms with Crippen molar-refractivity contribution in [3.63, 3.8) is 0 Å². The molecular weight excluding hydrogens is 332 g/mol. The highest BCUT2D eigenvalue weighted by Crippen LogP contribution is 2.33. The summed E-state index contributed by atoms with van der Waals surface area (Å²) in [6.45, 7) is 0.820. The minimum atomic E-state index is -1.01. The van der Waals surface area contributed by atoms with Crippen molar-refractivity contribution in [1.82, 2.24) is 4.90 Å². The first kappa shape index (κ1) is 16.3. The molecule has 0 saturated carbocycles. The fourth-order valence-electron chi connectivity index (χ4n) is 3.76. The fourth-order valence-corrected chi connectivity index (χ4v) is 3.76. The van der Waals surface area contributed by atoms with Gasteiger partial charge in [-0.3, -0.25) is 9.59 Å². The average Bonchev–Trinajstić information content (AvgIpc) is 3.12. The van der Waals surface area contributed by atoms with Crippen molar-refractivity contribution in [1.29, 1.82) is 0 Å². The molecule has 0 aromatic heterocycles. The van der Waals surface area contributed by atoms with E-state index in [9.17, 15) is 19.5 Å². The molecule has 0 unspecified atom stereocenters. The topological polar surface area (TPSA) is 77.9 Å². The van der Waals surface area contributed by atoms with Crippen molar-refractivity contribution in [3.8, 4) is 0 Å². The van der Waals surface area contributed by atoms with Gasteiger partial charge < -0.3 is 14.9 Å². The molecule has 26 heavy (non-hydrogen) atoms. The highest BCUT2D eigenvalue weighted by Gasteiger charge is 2.41. The van der Waals surface area contributed by atoms with Crippen molar-refractivity contribution in [3.05, 3.63) is 65.2 Å². The number of carboxylic acids is 1. The van der Waals surface area contributed by atoms with Gasteiger partial charge in [0, 0.05) is 6.54 Å². The molecule has 0 radical (unpaired) electrons. The SMILES string of the molecule is O=C(O)c1cccc(CN2C(=O)[C@H]3CCCN3C(=O)c3ccccc32)c1. The lowest BCUT2D eigenvalue weighted by Gasteiger charge is -2.26. The highest BCUT2D eigenvalue weighted by atomic mass is 16.4. The molecule has 2 aliphatic rings. The molecule has 6 nitrogen and oxygen atoms in total. The first-order valence-electron chi connectivity index (χ1n) is 8.60. The van der Waals surface area contributed by atoms with Crippen molar-refractivity contribution in [2.24, 2.45) is 0 Å². The summed E-state index contributed by atoms with van der Waals surface area (Å²) < 4.78 is 0. The summed E-state index contributed by atoms with van der Waals surface area (Å²) in [6, 6.07) is 13.2. The Labute approximate surface area is 150 Å². The molecule has 6 heteroatoms. The van der Waals surface area contributed by atoms with Crippen LogP contribution in [0.25, 0.3) is 0 Å². The Morgan fingerprint density at radius 3 is 2.73 bits per heavy atom. The standard InChI is InChI=1S/C20H18N2O4/c23-18-15-7-1-2-8-16(15)22(19(24)17-9-4-10-21(17)18)12-13-5-3-6-14(11-13)20(25)26/h1-3,5-8,11,17H,4,9-10,12H2,(H,25,26)/t17-/m1/s1. The van der Waals surface area contributed by atoms with Gasteiger partial charge in [-0.2, -0.15) is 0 Å². The number of carbonyl (C=O) groups is 3. The van der Waals surface area contributed by atoms with Gasteiger partial charge in [-0.25, -0.2) is 4.79 Å². The van der Waals surface area contributed by atoms with Gasteiger partial charge in [0.2, 0.25) is 5.91 Å². The molecule has 4 rings (SSSR count). The third-order valence-corrected chi connectivity index (χ3v) is 5.00. The number of benzene rings is 2. The van der Waals surface area contributed by atoms with E-state index in [0.717, 1.165) is 6.42 Å². The Balaban J connectivity index is 1.77. The lowest BCUT2D eigenvalue weighted by Crippen LogP contribution is -2.44. The number of amides is 2. The van der Waals surface area contributed by atoms with Crippen molar-refractivity contribution >= 4 is 23.5 Å². The molecule has 1 atom stereocenters. The number of rotatable bonds is 3. The quantitative estimate of drug-likeness (QED) is 0.923. The van der Waals surface area contributed by atoms with E-state index < -0.39 is 12.0 Å². The van der Waals surface area contributed by atoms with Gasteiger partial charge >= 0.3 is 5.97 Å². The summed E-state index contributed by atoms with van der Waals surface area (Å²) >= 11 is 0. The second kappa shape index (κ2) is 6.29. The number of hydrogen-bond donors (Lipinski definition) is 1. The van der Waals surface area contributed by atoms with Crippen LogP contribution in [0.1, 0.15) is 39.1 Å². The predicted molar refractivity (Wildman–Crippen MR) is 95.1 cm³/mol. The molecule has 0 bridgehead atoms. The molecule has 2 heterocycles. The smallest absolute Gasteiger partial charge is 0.335 e. The molecule has 2 aromatic rings. The predicted octanol–water partition coefficient (Wildman–Crippen LogP) is 2.54. The van der Waals surface area contributed by atoms with Crippen molar-refractivity contribution in [2.45, 2.75) is 25.4 Å². The molecule has 1 N–H and O–H groups in total. The number of aromatic carboxylic acids is 1. The number of para-hydroxylation sites is 1. The minimum absolute atomic E-state index is 0.110. The van der Waals surface area contributed by atoms with Crippen molar-refractivity contribution < 1.29 is 19.5 Å². The summed E-state index contributed by atoms with van der Waals surface area (Å²) in [5.74, 6) is -1.23. The number of anilines is 1. The zero-order valence-electron chi connectivity index (χ0n) is 14.1. The van der Waals surface area contributed by atoms with Crippen LogP contribution < -0.4 is 4.90 Å². The number of carbonyl (C=O) groups excluding carboxylic acids is 2. The van der Waals surface area contributed by atoms with Gasteiger partial charge in [0.15, 0.2) is 0 Å². The van der Waals surface area contributed by atoms with Crippen LogP contribution in [0, 0.1) is 0 Å². The maximum atomic E-state index is 13.2. The van der Waals surface area contributed by atoms with Gasteiger partial charge in [-0.05, 0) is 42.7 Å². The molecule has 1 saturated heterocycles. The first-order chi connectivity index (χ1) is 12.6. The van der Waals surface area contributed by atoms with Crippen LogP contribution in [-0.2, 0) is 11.3 Å². The van der Waals surface area contributed by atoms with Gasteiger partial charge in [0.05, 0.1) is 23.4 Å². The lowest BCUT2D eigenvalue weighted by atomic mass is 10.1. The normalized spacial score (nSPS) is 19.2. The van der Waals surface area contributed by atoms with Crippen LogP contribution in [0.2, 0.25) is 0 Å². The lowest BCUT2D eigenvalue weighted by molar-refractivity contribution is -0.122. The molecule has 2 aliphatic heterocycles. The Bertz CT molecular complexity index is 908. The Hall–Kier alpha value is -3.15. The molecule has 1 fully saturated rings. The van der Waals surface area contributed by atoms with E-state index in [4.69, 9.17) is 0 Å². The van der Waals surface area contributed by atoms with Gasteiger partial charge in [-0.15, -0.1) is 0 Å². The summed E-state index contributed by atoms with van der Waals surface area (Å²) in [4.78, 5) is 40.5. The monoisotopic (exact) mass is 350 g/mol. The average molecular weight is 350 g/mol. The van der Waals surface area contributed by atoms with Crippen molar-refractivity contribution in [2.75, 3.05) is 11.4 Å². The second-order valence-corrected chi connectivity index (χ2v) is 6.60. The summed E-state index contributed by atoms with van der Waals surface area (Å²) in [7, 11) is 0. The van der Waals surface area contributed by atoms with Crippen LogP contribution in [0.15, 0.2) is 48.5 Å². The van der Waals surface area contributed by atoms with Gasteiger partial charge in [0.1, 0.15) is 6.04 Å². The van der Waals surface area contributed by atoms with Gasteiger partial charge in [-0.1, -0.05) is 24.3 Å². The number of hydrogen-bond acceptors (Lipinski definition) is 3. The third-order valence-electron chi connectivity index (χ3n) is 5.00. The maximum Gasteiger partial charge on any atom is 0.335 e. The minimum Gasteiger partial charge on any atom is -0.478 e. The third kappa shape index (κ3) is 2.63. The van der Waals surface area contributed by atoms with Gasteiger partial charge in [0.25, 0.3) is 5.91 Å². The summed E-state index contributed by atoms with van der Waals surface area (Å²) in [5, 5.41) is 9.20. The van der Waals surface area contributed by atoms with E-state index in [1.165, 1.54) is 6.07 Å². The molecule has 2 aromatic carbocycles. The molecule has 132 valence electrons. The van der Waals surface area contributed by atoms with E-state index in [1.54, 1.807) is 52.3 Å². The van der Waals surface area contributed by atoms with Crippen LogP contribution in [-0.4, -0.2) is 40.4 Å². The van der Waals surface area contributed by atoms with Crippen LogP contribution in [0.5, 0.6) is 0 Å². The van der Waals surface area contributed by atoms with Crippen LogP contribution in [0.4, 0.5) is 5.69 Å². The second-order valence-electron chi connectivity index (χ2n) is 6.60. The maximum absolute atomic E-state index is 13.2. The summed E-state index contributed by atoms with van der Waals surface area (Å²) in [5.41, 5.74) is 1.99. The summed E-state index contributed by atoms with van der Waals surface area (Å²) in [6.07, 6.45) is 1.47. The fraction of sp³-hybridized carbons (Fsp3) is 0.250. The van der Waals surface area contributed by atoms with E-state index in [1.807, 2.05) is 0 Å². The molecule has 0 aliphatic carbocycles. The molecule has 2 amide bonds. The highest BCUT2D eigenvalue weighted by molar-refractivity contribution is 6.11. The van der Waals surface area contributed by atoms with E-state index >= 15 is 0 Å². The number of carboxylic acid groups (broad SMARTS) is 1. The van der Waals surface area contributed by atoms with E-state index in [-0.39, 0.29) is 23.9 Å².